The maximum Gasteiger partial charge on any atom is 0.254 e. The molecule has 1 aliphatic heterocycles. The predicted octanol–water partition coefficient (Wildman–Crippen LogP) is 2.48. The fourth-order valence-corrected chi connectivity index (χ4v) is 2.59. The number of fused-ring (bicyclic) bond motifs is 1. The second kappa shape index (κ2) is 5.06. The van der Waals surface area contributed by atoms with Gasteiger partial charge in [0.25, 0.3) is 5.91 Å². The summed E-state index contributed by atoms with van der Waals surface area (Å²) in [6, 6.07) is 15.3. The number of thiocarbonyl (C=S) groups is 1. The normalized spacial score (nSPS) is 13.1. The predicted molar refractivity (Wildman–Crippen MR) is 82.3 cm³/mol. The van der Waals surface area contributed by atoms with Gasteiger partial charge >= 0.3 is 0 Å². The van der Waals surface area contributed by atoms with Crippen LogP contribution in [0.5, 0.6) is 0 Å². The molecule has 1 amide bonds. The van der Waals surface area contributed by atoms with Gasteiger partial charge in [-0.05, 0) is 23.3 Å². The van der Waals surface area contributed by atoms with E-state index in [1.807, 2.05) is 29.2 Å². The zero-order chi connectivity index (χ0) is 14.1. The Balaban J connectivity index is 1.85. The SMILES string of the molecule is NC(=S)c1cccc(C(=O)N2Cc3ccccc3C2)c1. The highest BCUT2D eigenvalue weighted by molar-refractivity contribution is 7.80. The van der Waals surface area contributed by atoms with Crippen molar-refractivity contribution in [3.8, 4) is 0 Å². The van der Waals surface area contributed by atoms with Crippen LogP contribution in [0.4, 0.5) is 0 Å². The quantitative estimate of drug-likeness (QED) is 0.861. The molecule has 0 aromatic heterocycles. The average Bonchev–Trinajstić information content (AvgIpc) is 2.90. The van der Waals surface area contributed by atoms with Gasteiger partial charge in [0, 0.05) is 24.2 Å². The summed E-state index contributed by atoms with van der Waals surface area (Å²) in [6.45, 7) is 1.32. The Labute approximate surface area is 123 Å². The van der Waals surface area contributed by atoms with Crippen molar-refractivity contribution in [2.24, 2.45) is 5.73 Å². The molecule has 0 fully saturated rings. The number of nitrogens with zero attached hydrogens (tertiary/aromatic N) is 1. The Bertz CT molecular complexity index is 671. The Hall–Kier alpha value is -2.20. The lowest BCUT2D eigenvalue weighted by Gasteiger charge is -2.15. The number of amides is 1. The van der Waals surface area contributed by atoms with Gasteiger partial charge in [-0.15, -0.1) is 0 Å². The van der Waals surface area contributed by atoms with Crippen LogP contribution in [0.3, 0.4) is 0 Å². The molecule has 0 bridgehead atoms. The zero-order valence-electron chi connectivity index (χ0n) is 10.9. The van der Waals surface area contributed by atoms with Crippen LogP contribution in [0.1, 0.15) is 27.0 Å². The lowest BCUT2D eigenvalue weighted by atomic mass is 10.1. The molecule has 100 valence electrons. The standard InChI is InChI=1S/C16H14N2OS/c17-15(20)11-6-3-7-12(8-11)16(19)18-9-13-4-1-2-5-14(13)10-18/h1-8H,9-10H2,(H2,17,20). The lowest BCUT2D eigenvalue weighted by molar-refractivity contribution is 0.0751. The summed E-state index contributed by atoms with van der Waals surface area (Å²) in [6.07, 6.45) is 0. The Kier molecular flexibility index (Phi) is 3.24. The molecule has 3 nitrogen and oxygen atoms in total. The van der Waals surface area contributed by atoms with Crippen molar-refractivity contribution in [1.82, 2.24) is 4.90 Å². The maximum atomic E-state index is 12.5. The van der Waals surface area contributed by atoms with Crippen LogP contribution in [0.25, 0.3) is 0 Å². The molecule has 0 saturated carbocycles. The van der Waals surface area contributed by atoms with E-state index in [4.69, 9.17) is 18.0 Å². The monoisotopic (exact) mass is 282 g/mol. The summed E-state index contributed by atoms with van der Waals surface area (Å²) in [5.74, 6) is 0.0132. The third-order valence-corrected chi connectivity index (χ3v) is 3.76. The van der Waals surface area contributed by atoms with E-state index in [0.29, 0.717) is 23.6 Å². The van der Waals surface area contributed by atoms with Gasteiger partial charge in [0.05, 0.1) is 0 Å². The minimum absolute atomic E-state index is 0.0132. The van der Waals surface area contributed by atoms with E-state index >= 15 is 0 Å². The molecule has 4 heteroatoms. The van der Waals surface area contributed by atoms with Crippen LogP contribution in [0, 0.1) is 0 Å². The van der Waals surface area contributed by atoms with Crippen LogP contribution >= 0.6 is 12.2 Å². The van der Waals surface area contributed by atoms with E-state index in [-0.39, 0.29) is 5.91 Å². The molecule has 0 unspecified atom stereocenters. The molecule has 2 aromatic carbocycles. The second-order valence-electron chi connectivity index (χ2n) is 4.87. The number of nitrogens with two attached hydrogens (primary N) is 1. The summed E-state index contributed by atoms with van der Waals surface area (Å²) in [5, 5.41) is 0. The van der Waals surface area contributed by atoms with Gasteiger partial charge in [-0.1, -0.05) is 48.6 Å². The Morgan fingerprint density at radius 3 is 2.20 bits per heavy atom. The van der Waals surface area contributed by atoms with E-state index in [1.165, 1.54) is 11.1 Å². The molecule has 1 aliphatic rings. The van der Waals surface area contributed by atoms with Crippen molar-refractivity contribution in [2.75, 3.05) is 0 Å². The van der Waals surface area contributed by atoms with E-state index < -0.39 is 0 Å². The summed E-state index contributed by atoms with van der Waals surface area (Å²) >= 11 is 4.95. The van der Waals surface area contributed by atoms with Crippen LogP contribution in [0.15, 0.2) is 48.5 Å². The Morgan fingerprint density at radius 2 is 1.60 bits per heavy atom. The van der Waals surface area contributed by atoms with Crippen molar-refractivity contribution in [1.29, 1.82) is 0 Å². The van der Waals surface area contributed by atoms with Gasteiger partial charge in [0.15, 0.2) is 0 Å². The molecule has 20 heavy (non-hydrogen) atoms. The van der Waals surface area contributed by atoms with Crippen LogP contribution < -0.4 is 5.73 Å². The van der Waals surface area contributed by atoms with Crippen molar-refractivity contribution in [3.05, 3.63) is 70.8 Å². The first-order valence-electron chi connectivity index (χ1n) is 6.41. The smallest absolute Gasteiger partial charge is 0.254 e. The fourth-order valence-electron chi connectivity index (χ4n) is 2.46. The van der Waals surface area contributed by atoms with Gasteiger partial charge in [-0.25, -0.2) is 0 Å². The lowest BCUT2D eigenvalue weighted by Crippen LogP contribution is -2.25. The number of hydrogen-bond donors (Lipinski definition) is 1. The molecular weight excluding hydrogens is 268 g/mol. The molecule has 3 rings (SSSR count). The van der Waals surface area contributed by atoms with Crippen LogP contribution in [-0.4, -0.2) is 15.8 Å². The Morgan fingerprint density at radius 1 is 1.00 bits per heavy atom. The minimum atomic E-state index is 0.0132. The zero-order valence-corrected chi connectivity index (χ0v) is 11.7. The van der Waals surface area contributed by atoms with Gasteiger partial charge in [-0.3, -0.25) is 4.79 Å². The maximum absolute atomic E-state index is 12.5. The highest BCUT2D eigenvalue weighted by Gasteiger charge is 2.23. The van der Waals surface area contributed by atoms with Crippen LogP contribution in [-0.2, 0) is 13.1 Å². The molecule has 0 spiro atoms. The fraction of sp³-hybridized carbons (Fsp3) is 0.125. The third-order valence-electron chi connectivity index (χ3n) is 3.52. The first-order valence-corrected chi connectivity index (χ1v) is 6.82. The highest BCUT2D eigenvalue weighted by atomic mass is 32.1. The summed E-state index contributed by atoms with van der Waals surface area (Å²) in [4.78, 5) is 14.7. The molecule has 0 saturated heterocycles. The van der Waals surface area contributed by atoms with Gasteiger partial charge in [0.2, 0.25) is 0 Å². The number of rotatable bonds is 2. The van der Waals surface area contributed by atoms with E-state index in [0.717, 1.165) is 5.56 Å². The molecule has 1 heterocycles. The first-order chi connectivity index (χ1) is 9.65. The van der Waals surface area contributed by atoms with Gasteiger partial charge < -0.3 is 10.6 Å². The summed E-state index contributed by atoms with van der Waals surface area (Å²) in [7, 11) is 0. The van der Waals surface area contributed by atoms with E-state index in [9.17, 15) is 4.79 Å². The van der Waals surface area contributed by atoms with E-state index in [2.05, 4.69) is 12.1 Å². The minimum Gasteiger partial charge on any atom is -0.389 e. The molecule has 0 aliphatic carbocycles. The first kappa shape index (κ1) is 12.8. The largest absolute Gasteiger partial charge is 0.389 e. The van der Waals surface area contributed by atoms with Crippen molar-refractivity contribution >= 4 is 23.1 Å². The van der Waals surface area contributed by atoms with Gasteiger partial charge in [-0.2, -0.15) is 0 Å². The van der Waals surface area contributed by atoms with Crippen LogP contribution in [0.2, 0.25) is 0 Å². The third kappa shape index (κ3) is 2.30. The molecule has 0 atom stereocenters. The molecule has 0 radical (unpaired) electrons. The average molecular weight is 282 g/mol. The second-order valence-corrected chi connectivity index (χ2v) is 5.31. The van der Waals surface area contributed by atoms with Crippen molar-refractivity contribution in [2.45, 2.75) is 13.1 Å². The van der Waals surface area contributed by atoms with Gasteiger partial charge in [0.1, 0.15) is 4.99 Å². The molecular formula is C16H14N2OS. The van der Waals surface area contributed by atoms with Crippen molar-refractivity contribution < 1.29 is 4.79 Å². The molecule has 2 aromatic rings. The summed E-state index contributed by atoms with van der Waals surface area (Å²) in [5.41, 5.74) is 9.39. The number of carbonyl (C=O) groups is 1. The topological polar surface area (TPSA) is 46.3 Å². The van der Waals surface area contributed by atoms with Crippen molar-refractivity contribution in [3.63, 3.8) is 0 Å². The van der Waals surface area contributed by atoms with E-state index in [1.54, 1.807) is 12.1 Å². The number of hydrogen-bond acceptors (Lipinski definition) is 2. The number of benzene rings is 2. The summed E-state index contributed by atoms with van der Waals surface area (Å²) < 4.78 is 0. The number of carbonyl (C=O) groups excluding carboxylic acids is 1. The highest BCUT2D eigenvalue weighted by Crippen LogP contribution is 2.24. The molecule has 2 N–H and O–H groups in total.